The van der Waals surface area contributed by atoms with Crippen molar-refractivity contribution in [2.24, 2.45) is 0 Å². The average Bonchev–Trinajstić information content (AvgIpc) is 3.32. The highest BCUT2D eigenvalue weighted by Crippen LogP contribution is 2.35. The number of aryl methyl sites for hydroxylation is 1. The fourth-order valence-corrected chi connectivity index (χ4v) is 3.74. The first-order valence-electron chi connectivity index (χ1n) is 9.07. The zero-order valence-electron chi connectivity index (χ0n) is 14.9. The van der Waals surface area contributed by atoms with Gasteiger partial charge in [0, 0.05) is 11.9 Å². The van der Waals surface area contributed by atoms with Crippen LogP contribution in [0.3, 0.4) is 0 Å². The van der Waals surface area contributed by atoms with Crippen molar-refractivity contribution in [3.05, 3.63) is 77.6 Å². The summed E-state index contributed by atoms with van der Waals surface area (Å²) >= 11 is 0. The normalized spacial score (nSPS) is 15.5. The van der Waals surface area contributed by atoms with Crippen LogP contribution in [0.2, 0.25) is 0 Å². The maximum atomic E-state index is 11.0. The minimum Gasteiger partial charge on any atom is -0.478 e. The monoisotopic (exact) mass is 371 g/mol. The Morgan fingerprint density at radius 2 is 1.93 bits per heavy atom. The van der Waals surface area contributed by atoms with Gasteiger partial charge in [-0.1, -0.05) is 24.3 Å². The van der Waals surface area contributed by atoms with E-state index >= 15 is 0 Å². The van der Waals surface area contributed by atoms with Gasteiger partial charge in [0.15, 0.2) is 5.65 Å². The Kier molecular flexibility index (Phi) is 3.79. The molecule has 0 saturated carbocycles. The van der Waals surface area contributed by atoms with Crippen molar-refractivity contribution in [3.8, 4) is 0 Å². The molecule has 28 heavy (non-hydrogen) atoms. The van der Waals surface area contributed by atoms with Crippen molar-refractivity contribution in [1.82, 2.24) is 19.7 Å². The quantitative estimate of drug-likeness (QED) is 0.567. The van der Waals surface area contributed by atoms with E-state index in [2.05, 4.69) is 44.6 Å². The lowest BCUT2D eigenvalue weighted by Gasteiger charge is -2.13. The molecule has 1 unspecified atom stereocenters. The van der Waals surface area contributed by atoms with Gasteiger partial charge in [0.05, 0.1) is 23.2 Å². The second-order valence-corrected chi connectivity index (χ2v) is 6.82. The van der Waals surface area contributed by atoms with Gasteiger partial charge < -0.3 is 10.4 Å². The van der Waals surface area contributed by atoms with Crippen LogP contribution in [0.5, 0.6) is 0 Å². The molecule has 7 heteroatoms. The molecule has 0 saturated heterocycles. The molecule has 4 aromatic rings. The summed E-state index contributed by atoms with van der Waals surface area (Å²) in [6.07, 6.45) is 5.58. The number of benzene rings is 2. The van der Waals surface area contributed by atoms with Crippen LogP contribution < -0.4 is 5.32 Å². The first kappa shape index (κ1) is 16.4. The third kappa shape index (κ3) is 2.77. The van der Waals surface area contributed by atoms with Crippen molar-refractivity contribution in [2.45, 2.75) is 18.9 Å². The van der Waals surface area contributed by atoms with E-state index in [0.29, 0.717) is 5.95 Å². The lowest BCUT2D eigenvalue weighted by Crippen LogP contribution is -2.10. The standard InChI is InChI=1S/C21H17N5O2/c27-20(28)14-5-8-16(9-6-14)24-21-22-11-15-12-23-26(19(15)25-21)18-10-7-13-3-1-2-4-17(13)18/h1-6,8-9,11-12,18H,7,10H2,(H,27,28)(H,22,24,25). The fraction of sp³-hybridized carbons (Fsp3) is 0.143. The summed E-state index contributed by atoms with van der Waals surface area (Å²) in [5.41, 5.74) is 4.40. The lowest BCUT2D eigenvalue weighted by molar-refractivity contribution is 0.0697. The highest BCUT2D eigenvalue weighted by atomic mass is 16.4. The molecule has 7 nitrogen and oxygen atoms in total. The molecular weight excluding hydrogens is 354 g/mol. The van der Waals surface area contributed by atoms with Crippen molar-refractivity contribution >= 4 is 28.6 Å². The number of carbonyl (C=O) groups is 1. The number of rotatable bonds is 4. The second kappa shape index (κ2) is 6.45. The molecule has 1 atom stereocenters. The molecule has 2 aromatic heterocycles. The number of aromatic carboxylic acids is 1. The lowest BCUT2D eigenvalue weighted by atomic mass is 10.1. The zero-order valence-corrected chi connectivity index (χ0v) is 14.9. The van der Waals surface area contributed by atoms with Crippen LogP contribution in [0.15, 0.2) is 60.9 Å². The molecule has 0 fully saturated rings. The number of carboxylic acid groups (broad SMARTS) is 1. The Bertz CT molecular complexity index is 1180. The third-order valence-electron chi connectivity index (χ3n) is 5.12. The first-order chi connectivity index (χ1) is 13.7. The molecule has 2 heterocycles. The number of hydrogen-bond acceptors (Lipinski definition) is 5. The predicted molar refractivity (Wildman–Crippen MR) is 105 cm³/mol. The predicted octanol–water partition coefficient (Wildman–Crippen LogP) is 3.80. The SMILES string of the molecule is O=C(O)c1ccc(Nc2ncc3cnn(C4CCc5ccccc54)c3n2)cc1. The van der Waals surface area contributed by atoms with E-state index in [9.17, 15) is 4.79 Å². The fourth-order valence-electron chi connectivity index (χ4n) is 3.74. The van der Waals surface area contributed by atoms with Gasteiger partial charge in [-0.25, -0.2) is 14.5 Å². The minimum absolute atomic E-state index is 0.173. The Hall–Kier alpha value is -3.74. The smallest absolute Gasteiger partial charge is 0.335 e. The van der Waals surface area contributed by atoms with Crippen LogP contribution in [0.25, 0.3) is 11.0 Å². The number of nitrogens with one attached hydrogen (secondary N) is 1. The van der Waals surface area contributed by atoms with Gasteiger partial charge in [-0.3, -0.25) is 0 Å². The van der Waals surface area contributed by atoms with E-state index in [1.165, 1.54) is 11.1 Å². The summed E-state index contributed by atoms with van der Waals surface area (Å²) in [5, 5.41) is 17.6. The second-order valence-electron chi connectivity index (χ2n) is 6.82. The molecule has 2 aromatic carbocycles. The van der Waals surface area contributed by atoms with Gasteiger partial charge in [0.25, 0.3) is 0 Å². The Balaban J connectivity index is 1.48. The summed E-state index contributed by atoms with van der Waals surface area (Å²) < 4.78 is 1.97. The largest absolute Gasteiger partial charge is 0.478 e. The van der Waals surface area contributed by atoms with Crippen LogP contribution >= 0.6 is 0 Å². The van der Waals surface area contributed by atoms with Crippen molar-refractivity contribution in [3.63, 3.8) is 0 Å². The average molecular weight is 371 g/mol. The molecule has 0 spiro atoms. The zero-order chi connectivity index (χ0) is 19.1. The summed E-state index contributed by atoms with van der Waals surface area (Å²) in [7, 11) is 0. The number of nitrogens with zero attached hydrogens (tertiary/aromatic N) is 4. The molecule has 1 aliphatic rings. The van der Waals surface area contributed by atoms with Gasteiger partial charge in [-0.05, 0) is 48.2 Å². The summed E-state index contributed by atoms with van der Waals surface area (Å²) in [5.74, 6) is -0.506. The van der Waals surface area contributed by atoms with E-state index in [-0.39, 0.29) is 11.6 Å². The molecular formula is C21H17N5O2. The molecule has 0 amide bonds. The molecule has 2 N–H and O–H groups in total. The number of anilines is 2. The van der Waals surface area contributed by atoms with Gasteiger partial charge >= 0.3 is 5.97 Å². The highest BCUT2D eigenvalue weighted by Gasteiger charge is 2.26. The van der Waals surface area contributed by atoms with E-state index in [0.717, 1.165) is 29.6 Å². The van der Waals surface area contributed by atoms with Gasteiger partial charge in [0.2, 0.25) is 5.95 Å². The van der Waals surface area contributed by atoms with Gasteiger partial charge in [-0.2, -0.15) is 10.1 Å². The van der Waals surface area contributed by atoms with Crippen LogP contribution in [-0.2, 0) is 6.42 Å². The van der Waals surface area contributed by atoms with Crippen LogP contribution in [0.4, 0.5) is 11.6 Å². The van der Waals surface area contributed by atoms with E-state index < -0.39 is 5.97 Å². The first-order valence-corrected chi connectivity index (χ1v) is 9.07. The Morgan fingerprint density at radius 3 is 2.75 bits per heavy atom. The van der Waals surface area contributed by atoms with Gasteiger partial charge in [-0.15, -0.1) is 0 Å². The number of fused-ring (bicyclic) bond motifs is 2. The van der Waals surface area contributed by atoms with Crippen molar-refractivity contribution < 1.29 is 9.90 Å². The summed E-state index contributed by atoms with van der Waals surface area (Å²) in [6.45, 7) is 0. The molecule has 0 radical (unpaired) electrons. The maximum absolute atomic E-state index is 11.0. The van der Waals surface area contributed by atoms with Crippen LogP contribution in [-0.4, -0.2) is 30.8 Å². The van der Waals surface area contributed by atoms with E-state index in [4.69, 9.17) is 5.11 Å². The topological polar surface area (TPSA) is 92.9 Å². The highest BCUT2D eigenvalue weighted by molar-refractivity contribution is 5.88. The minimum atomic E-state index is -0.954. The Morgan fingerprint density at radius 1 is 1.11 bits per heavy atom. The molecule has 138 valence electrons. The number of carboxylic acids is 1. The van der Waals surface area contributed by atoms with E-state index in [1.54, 1.807) is 36.7 Å². The third-order valence-corrected chi connectivity index (χ3v) is 5.12. The molecule has 5 rings (SSSR count). The van der Waals surface area contributed by atoms with Gasteiger partial charge in [0.1, 0.15) is 0 Å². The van der Waals surface area contributed by atoms with Crippen molar-refractivity contribution in [1.29, 1.82) is 0 Å². The Labute approximate surface area is 160 Å². The van der Waals surface area contributed by atoms with Crippen LogP contribution in [0.1, 0.15) is 33.9 Å². The molecule has 1 aliphatic carbocycles. The van der Waals surface area contributed by atoms with Crippen molar-refractivity contribution in [2.75, 3.05) is 5.32 Å². The van der Waals surface area contributed by atoms with E-state index in [1.807, 2.05) is 4.68 Å². The number of aromatic nitrogens is 4. The summed E-state index contributed by atoms with van der Waals surface area (Å²) in [6, 6.07) is 15.1. The number of hydrogen-bond donors (Lipinski definition) is 2. The molecule has 0 bridgehead atoms. The maximum Gasteiger partial charge on any atom is 0.335 e. The molecule has 0 aliphatic heterocycles. The van der Waals surface area contributed by atoms with Crippen LogP contribution in [0, 0.1) is 0 Å². The summed E-state index contributed by atoms with van der Waals surface area (Å²) in [4.78, 5) is 20.0.